The van der Waals surface area contributed by atoms with Gasteiger partial charge in [-0.05, 0) is 43.7 Å². The monoisotopic (exact) mass is 314 g/mol. The van der Waals surface area contributed by atoms with Crippen LogP contribution >= 0.6 is 0 Å². The van der Waals surface area contributed by atoms with Crippen molar-refractivity contribution >= 4 is 0 Å². The Morgan fingerprint density at radius 2 is 2.13 bits per heavy atom. The molecule has 6 nitrogen and oxygen atoms in total. The highest BCUT2D eigenvalue weighted by Gasteiger charge is 2.09. The summed E-state index contributed by atoms with van der Waals surface area (Å²) in [4.78, 5) is 0. The molecule has 0 unspecified atom stereocenters. The van der Waals surface area contributed by atoms with Gasteiger partial charge in [-0.1, -0.05) is 0 Å². The lowest BCUT2D eigenvalue weighted by molar-refractivity contribution is 0.103. The van der Waals surface area contributed by atoms with Crippen LogP contribution in [-0.2, 0) is 6.54 Å². The Balaban J connectivity index is 1.67. The molecule has 0 bridgehead atoms. The van der Waals surface area contributed by atoms with Gasteiger partial charge in [-0.25, -0.2) is 0 Å². The van der Waals surface area contributed by atoms with Crippen molar-refractivity contribution in [3.63, 3.8) is 0 Å². The lowest BCUT2D eigenvalue weighted by Crippen LogP contribution is -2.38. The minimum absolute atomic E-state index is 0.193. The van der Waals surface area contributed by atoms with E-state index in [1.54, 1.807) is 24.3 Å². The lowest BCUT2D eigenvalue weighted by Gasteiger charge is -2.17. The van der Waals surface area contributed by atoms with E-state index in [-0.39, 0.29) is 12.6 Å². The summed E-state index contributed by atoms with van der Waals surface area (Å²) in [7, 11) is 0. The average molecular weight is 314 g/mol. The van der Waals surface area contributed by atoms with Crippen LogP contribution in [0.15, 0.2) is 36.7 Å². The van der Waals surface area contributed by atoms with Crippen molar-refractivity contribution in [3.05, 3.63) is 47.8 Å². The Kier molecular flexibility index (Phi) is 6.15. The van der Waals surface area contributed by atoms with Crippen molar-refractivity contribution in [1.29, 1.82) is 5.26 Å². The zero-order valence-electron chi connectivity index (χ0n) is 13.4. The van der Waals surface area contributed by atoms with Crippen LogP contribution in [0.5, 0.6) is 5.75 Å². The summed E-state index contributed by atoms with van der Waals surface area (Å²) in [6, 6.07) is 9.07. The second kappa shape index (κ2) is 8.32. The molecule has 0 aliphatic heterocycles. The van der Waals surface area contributed by atoms with Gasteiger partial charge >= 0.3 is 0 Å². The van der Waals surface area contributed by atoms with Gasteiger partial charge in [0.05, 0.1) is 24.4 Å². The molecule has 0 fully saturated rings. The highest BCUT2D eigenvalue weighted by Crippen LogP contribution is 2.11. The molecule has 0 aliphatic rings. The number of aryl methyl sites for hydroxylation is 1. The van der Waals surface area contributed by atoms with Gasteiger partial charge in [0.15, 0.2) is 0 Å². The lowest BCUT2D eigenvalue weighted by atomic mass is 10.2. The number of hydrogen-bond donors (Lipinski definition) is 2. The molecule has 2 N–H and O–H groups in total. The van der Waals surface area contributed by atoms with Gasteiger partial charge in [0, 0.05) is 18.8 Å². The van der Waals surface area contributed by atoms with E-state index in [9.17, 15) is 5.11 Å². The van der Waals surface area contributed by atoms with Crippen molar-refractivity contribution < 1.29 is 9.84 Å². The number of benzene rings is 1. The van der Waals surface area contributed by atoms with Crippen LogP contribution in [0.4, 0.5) is 0 Å². The number of rotatable bonds is 8. The fraction of sp³-hybridized carbons (Fsp3) is 0.412. The number of hydrogen-bond acceptors (Lipinski definition) is 5. The molecule has 0 saturated heterocycles. The molecule has 1 heterocycles. The summed E-state index contributed by atoms with van der Waals surface area (Å²) in [5.74, 6) is 0.642. The van der Waals surface area contributed by atoms with Crippen LogP contribution in [0.2, 0.25) is 0 Å². The smallest absolute Gasteiger partial charge is 0.119 e. The van der Waals surface area contributed by atoms with Gasteiger partial charge in [-0.2, -0.15) is 10.4 Å². The van der Waals surface area contributed by atoms with Crippen LogP contribution in [-0.4, -0.2) is 40.2 Å². The molecule has 2 atom stereocenters. The van der Waals surface area contributed by atoms with Crippen LogP contribution in [0.1, 0.15) is 18.1 Å². The molecule has 0 amide bonds. The molecule has 1 aromatic carbocycles. The maximum absolute atomic E-state index is 9.97. The first-order valence-electron chi connectivity index (χ1n) is 7.60. The van der Waals surface area contributed by atoms with Crippen LogP contribution in [0.3, 0.4) is 0 Å². The number of ether oxygens (including phenoxy) is 1. The predicted molar refractivity (Wildman–Crippen MR) is 87.1 cm³/mol. The normalized spacial score (nSPS) is 13.3. The van der Waals surface area contributed by atoms with E-state index >= 15 is 0 Å². The summed E-state index contributed by atoms with van der Waals surface area (Å²) in [6.07, 6.45) is 3.21. The maximum Gasteiger partial charge on any atom is 0.119 e. The Hall–Kier alpha value is -2.36. The molecule has 6 heteroatoms. The van der Waals surface area contributed by atoms with Crippen LogP contribution < -0.4 is 10.1 Å². The second-order valence-electron chi connectivity index (χ2n) is 5.65. The minimum atomic E-state index is -0.604. The standard InChI is InChI=1S/C17H22N4O2/c1-13-8-20-21(10-13)11-14(2)19-9-16(22)12-23-17-5-3-15(7-18)4-6-17/h3-6,8,10,14,16,19,22H,9,11-12H2,1-2H3/t14-,16-/m1/s1. The Bertz CT molecular complexity index is 645. The molecule has 0 aliphatic carbocycles. The Labute approximate surface area is 136 Å². The predicted octanol–water partition coefficient (Wildman–Crippen LogP) is 1.48. The molecule has 2 rings (SSSR count). The average Bonchev–Trinajstić information content (AvgIpc) is 2.96. The molecule has 1 aromatic heterocycles. The topological polar surface area (TPSA) is 83.1 Å². The van der Waals surface area contributed by atoms with E-state index in [0.717, 1.165) is 12.1 Å². The number of nitrogens with zero attached hydrogens (tertiary/aromatic N) is 3. The number of aliphatic hydroxyl groups excluding tert-OH is 1. The van der Waals surface area contributed by atoms with Crippen LogP contribution in [0.25, 0.3) is 0 Å². The number of nitrogens with one attached hydrogen (secondary N) is 1. The highest BCUT2D eigenvalue weighted by atomic mass is 16.5. The van der Waals surface area contributed by atoms with E-state index in [1.807, 2.05) is 30.9 Å². The van der Waals surface area contributed by atoms with E-state index in [1.165, 1.54) is 0 Å². The molecule has 23 heavy (non-hydrogen) atoms. The fourth-order valence-electron chi connectivity index (χ4n) is 2.13. The van der Waals surface area contributed by atoms with Gasteiger partial charge in [-0.3, -0.25) is 4.68 Å². The third-order valence-electron chi connectivity index (χ3n) is 3.35. The minimum Gasteiger partial charge on any atom is -0.491 e. The summed E-state index contributed by atoms with van der Waals surface area (Å²) in [5.41, 5.74) is 1.72. The first-order valence-corrected chi connectivity index (χ1v) is 7.60. The van der Waals surface area contributed by atoms with Crippen molar-refractivity contribution in [1.82, 2.24) is 15.1 Å². The molecule has 0 saturated carbocycles. The summed E-state index contributed by atoms with van der Waals surface area (Å²) >= 11 is 0. The first kappa shape index (κ1) is 17.0. The van der Waals surface area contributed by atoms with Gasteiger partial charge < -0.3 is 15.2 Å². The maximum atomic E-state index is 9.97. The Morgan fingerprint density at radius 3 is 2.74 bits per heavy atom. The third-order valence-corrected chi connectivity index (χ3v) is 3.35. The largest absolute Gasteiger partial charge is 0.491 e. The zero-order chi connectivity index (χ0) is 16.7. The molecule has 0 radical (unpaired) electrons. The summed E-state index contributed by atoms with van der Waals surface area (Å²) in [6.45, 7) is 5.44. The third kappa shape index (κ3) is 5.74. The fourth-order valence-corrected chi connectivity index (χ4v) is 2.13. The quantitative estimate of drug-likeness (QED) is 0.771. The molecular weight excluding hydrogens is 292 g/mol. The second-order valence-corrected chi connectivity index (χ2v) is 5.65. The molecule has 2 aromatic rings. The van der Waals surface area contributed by atoms with E-state index < -0.39 is 6.10 Å². The molecular formula is C17H22N4O2. The molecule has 0 spiro atoms. The van der Waals surface area contributed by atoms with Crippen molar-refractivity contribution in [3.8, 4) is 11.8 Å². The van der Waals surface area contributed by atoms with E-state index in [0.29, 0.717) is 17.9 Å². The SMILES string of the molecule is Cc1cnn(C[C@@H](C)NC[C@@H](O)COc2ccc(C#N)cc2)c1. The number of aliphatic hydroxyl groups is 1. The van der Waals surface area contributed by atoms with E-state index in [2.05, 4.69) is 16.5 Å². The highest BCUT2D eigenvalue weighted by molar-refractivity contribution is 5.34. The summed E-state index contributed by atoms with van der Waals surface area (Å²) in [5, 5.41) is 26.2. The number of aromatic nitrogens is 2. The van der Waals surface area contributed by atoms with Crippen molar-refractivity contribution in [2.24, 2.45) is 0 Å². The van der Waals surface area contributed by atoms with Gasteiger partial charge in [0.1, 0.15) is 18.5 Å². The zero-order valence-corrected chi connectivity index (χ0v) is 13.4. The van der Waals surface area contributed by atoms with Crippen molar-refractivity contribution in [2.75, 3.05) is 13.2 Å². The van der Waals surface area contributed by atoms with Crippen LogP contribution in [0, 0.1) is 18.3 Å². The molecule has 122 valence electrons. The van der Waals surface area contributed by atoms with Crippen molar-refractivity contribution in [2.45, 2.75) is 32.5 Å². The van der Waals surface area contributed by atoms with Gasteiger partial charge in [-0.15, -0.1) is 0 Å². The Morgan fingerprint density at radius 1 is 1.39 bits per heavy atom. The first-order chi connectivity index (χ1) is 11.1. The summed E-state index contributed by atoms with van der Waals surface area (Å²) < 4.78 is 7.39. The number of nitriles is 1. The van der Waals surface area contributed by atoms with Gasteiger partial charge in [0.2, 0.25) is 0 Å². The van der Waals surface area contributed by atoms with E-state index in [4.69, 9.17) is 10.00 Å². The van der Waals surface area contributed by atoms with Gasteiger partial charge in [0.25, 0.3) is 0 Å².